The summed E-state index contributed by atoms with van der Waals surface area (Å²) in [5, 5.41) is 0. The van der Waals surface area contributed by atoms with E-state index in [2.05, 4.69) is 23.5 Å². The van der Waals surface area contributed by atoms with Crippen molar-refractivity contribution in [3.05, 3.63) is 0 Å². The fourth-order valence-electron chi connectivity index (χ4n) is 2.83. The average molecular weight is 271 g/mol. The molecule has 2 saturated heterocycles. The lowest BCUT2D eigenvalue weighted by Gasteiger charge is -2.34. The number of carbonyl (C=O) groups excluding carboxylic acids is 1. The van der Waals surface area contributed by atoms with Crippen molar-refractivity contribution in [2.45, 2.75) is 50.9 Å². The SMILES string of the molecule is COC(=O)CC1CN(CC2CCC(C)(C)O2)CCO1. The van der Waals surface area contributed by atoms with Crippen LogP contribution in [0.4, 0.5) is 0 Å². The molecule has 2 aliphatic heterocycles. The Kier molecular flexibility index (Phi) is 4.81. The van der Waals surface area contributed by atoms with Gasteiger partial charge in [-0.15, -0.1) is 0 Å². The average Bonchev–Trinajstić information content (AvgIpc) is 2.69. The molecule has 2 atom stereocenters. The van der Waals surface area contributed by atoms with Crippen LogP contribution in [0.3, 0.4) is 0 Å². The van der Waals surface area contributed by atoms with E-state index in [9.17, 15) is 4.79 Å². The van der Waals surface area contributed by atoms with Gasteiger partial charge in [0.2, 0.25) is 0 Å². The maximum Gasteiger partial charge on any atom is 0.308 e. The van der Waals surface area contributed by atoms with Gasteiger partial charge in [-0.2, -0.15) is 0 Å². The van der Waals surface area contributed by atoms with E-state index in [1.54, 1.807) is 0 Å². The number of methoxy groups -OCH3 is 1. The third kappa shape index (κ3) is 4.44. The summed E-state index contributed by atoms with van der Waals surface area (Å²) in [5.74, 6) is -0.204. The first-order valence-electron chi connectivity index (χ1n) is 7.07. The summed E-state index contributed by atoms with van der Waals surface area (Å²) < 4.78 is 16.3. The molecule has 2 fully saturated rings. The van der Waals surface area contributed by atoms with Crippen LogP contribution in [0, 0.1) is 0 Å². The zero-order valence-corrected chi connectivity index (χ0v) is 12.2. The Morgan fingerprint density at radius 2 is 2.21 bits per heavy atom. The van der Waals surface area contributed by atoms with Gasteiger partial charge in [0.05, 0.1) is 37.9 Å². The van der Waals surface area contributed by atoms with Gasteiger partial charge in [-0.3, -0.25) is 9.69 Å². The molecule has 0 spiro atoms. The van der Waals surface area contributed by atoms with Gasteiger partial charge in [-0.25, -0.2) is 0 Å². The summed E-state index contributed by atoms with van der Waals surface area (Å²) >= 11 is 0. The minimum absolute atomic E-state index is 0.0162. The van der Waals surface area contributed by atoms with E-state index in [1.807, 2.05) is 0 Å². The number of ether oxygens (including phenoxy) is 3. The standard InChI is InChI=1S/C14H25NO4/c1-14(2)5-4-11(19-14)9-15-6-7-18-12(10-15)8-13(16)17-3/h11-12H,4-10H2,1-3H3. The fourth-order valence-corrected chi connectivity index (χ4v) is 2.83. The number of carbonyl (C=O) groups is 1. The van der Waals surface area contributed by atoms with E-state index >= 15 is 0 Å². The van der Waals surface area contributed by atoms with Crippen molar-refractivity contribution >= 4 is 5.97 Å². The topological polar surface area (TPSA) is 48.0 Å². The molecule has 0 aliphatic carbocycles. The van der Waals surface area contributed by atoms with Crippen molar-refractivity contribution in [3.8, 4) is 0 Å². The first-order chi connectivity index (χ1) is 8.98. The highest BCUT2D eigenvalue weighted by Gasteiger charge is 2.33. The van der Waals surface area contributed by atoms with Gasteiger partial charge < -0.3 is 14.2 Å². The first kappa shape index (κ1) is 14.8. The second-order valence-corrected chi connectivity index (χ2v) is 6.07. The van der Waals surface area contributed by atoms with Crippen molar-refractivity contribution in [2.24, 2.45) is 0 Å². The lowest BCUT2D eigenvalue weighted by atomic mass is 10.1. The maximum absolute atomic E-state index is 11.3. The molecule has 2 unspecified atom stereocenters. The van der Waals surface area contributed by atoms with Gasteiger partial charge in [-0.05, 0) is 26.7 Å². The molecule has 0 aromatic carbocycles. The Balaban J connectivity index is 1.76. The normalized spacial score (nSPS) is 31.3. The van der Waals surface area contributed by atoms with Crippen molar-refractivity contribution in [3.63, 3.8) is 0 Å². The van der Waals surface area contributed by atoms with E-state index in [0.717, 1.165) is 32.5 Å². The summed E-state index contributed by atoms with van der Waals surface area (Å²) in [6.07, 6.45) is 2.84. The molecule has 0 N–H and O–H groups in total. The van der Waals surface area contributed by atoms with Gasteiger partial charge in [0, 0.05) is 19.6 Å². The highest BCUT2D eigenvalue weighted by atomic mass is 16.5. The van der Waals surface area contributed by atoms with Crippen LogP contribution in [0.1, 0.15) is 33.1 Å². The molecule has 0 saturated carbocycles. The predicted molar refractivity (Wildman–Crippen MR) is 71.0 cm³/mol. The van der Waals surface area contributed by atoms with Crippen LogP contribution in [0.25, 0.3) is 0 Å². The lowest BCUT2D eigenvalue weighted by molar-refractivity contribution is -0.146. The van der Waals surface area contributed by atoms with Crippen LogP contribution >= 0.6 is 0 Å². The van der Waals surface area contributed by atoms with E-state index in [4.69, 9.17) is 9.47 Å². The van der Waals surface area contributed by atoms with Crippen molar-refractivity contribution in [1.82, 2.24) is 4.90 Å². The minimum atomic E-state index is -0.204. The van der Waals surface area contributed by atoms with Gasteiger partial charge in [-0.1, -0.05) is 0 Å². The van der Waals surface area contributed by atoms with Gasteiger partial charge in [0.25, 0.3) is 0 Å². The monoisotopic (exact) mass is 271 g/mol. The molecule has 19 heavy (non-hydrogen) atoms. The molecule has 0 aromatic heterocycles. The number of esters is 1. The summed E-state index contributed by atoms with van der Waals surface area (Å²) in [6.45, 7) is 7.61. The van der Waals surface area contributed by atoms with E-state index in [1.165, 1.54) is 7.11 Å². The quantitative estimate of drug-likeness (QED) is 0.719. The Morgan fingerprint density at radius 3 is 2.84 bits per heavy atom. The zero-order valence-electron chi connectivity index (χ0n) is 12.2. The molecule has 0 bridgehead atoms. The van der Waals surface area contributed by atoms with Gasteiger partial charge in [0.1, 0.15) is 0 Å². The summed E-state index contributed by atoms with van der Waals surface area (Å²) in [5.41, 5.74) is 0.0162. The smallest absolute Gasteiger partial charge is 0.308 e. The highest BCUT2D eigenvalue weighted by Crippen LogP contribution is 2.30. The largest absolute Gasteiger partial charge is 0.469 e. The minimum Gasteiger partial charge on any atom is -0.469 e. The second kappa shape index (κ2) is 6.20. The molecular formula is C14H25NO4. The Morgan fingerprint density at radius 1 is 1.42 bits per heavy atom. The van der Waals surface area contributed by atoms with Crippen LogP contribution < -0.4 is 0 Å². The van der Waals surface area contributed by atoms with Gasteiger partial charge in [0.15, 0.2) is 0 Å². The summed E-state index contributed by atoms with van der Waals surface area (Å²) in [6, 6.07) is 0. The molecule has 2 heterocycles. The molecular weight excluding hydrogens is 246 g/mol. The highest BCUT2D eigenvalue weighted by molar-refractivity contribution is 5.69. The van der Waals surface area contributed by atoms with Gasteiger partial charge >= 0.3 is 5.97 Å². The maximum atomic E-state index is 11.3. The molecule has 2 aliphatic rings. The molecule has 5 heteroatoms. The summed E-state index contributed by atoms with van der Waals surface area (Å²) in [4.78, 5) is 13.6. The lowest BCUT2D eigenvalue weighted by Crippen LogP contribution is -2.46. The number of morpholine rings is 1. The van der Waals surface area contributed by atoms with Crippen molar-refractivity contribution in [2.75, 3.05) is 33.4 Å². The number of hydrogen-bond donors (Lipinski definition) is 0. The molecule has 110 valence electrons. The number of nitrogens with zero attached hydrogens (tertiary/aromatic N) is 1. The first-order valence-corrected chi connectivity index (χ1v) is 7.07. The third-order valence-electron chi connectivity index (χ3n) is 3.86. The van der Waals surface area contributed by atoms with E-state index < -0.39 is 0 Å². The zero-order chi connectivity index (χ0) is 13.9. The molecule has 2 rings (SSSR count). The second-order valence-electron chi connectivity index (χ2n) is 6.07. The molecule has 0 radical (unpaired) electrons. The van der Waals surface area contributed by atoms with Crippen LogP contribution in [0.15, 0.2) is 0 Å². The van der Waals surface area contributed by atoms with Crippen LogP contribution in [-0.4, -0.2) is 62.0 Å². The fraction of sp³-hybridized carbons (Fsp3) is 0.929. The Hall–Kier alpha value is -0.650. The summed E-state index contributed by atoms with van der Waals surface area (Å²) in [7, 11) is 1.41. The van der Waals surface area contributed by atoms with Crippen molar-refractivity contribution < 1.29 is 19.0 Å². The molecule has 5 nitrogen and oxygen atoms in total. The van der Waals surface area contributed by atoms with E-state index in [-0.39, 0.29) is 17.7 Å². The van der Waals surface area contributed by atoms with Crippen LogP contribution in [-0.2, 0) is 19.0 Å². The number of rotatable bonds is 4. The van der Waals surface area contributed by atoms with Crippen LogP contribution in [0.2, 0.25) is 0 Å². The van der Waals surface area contributed by atoms with E-state index in [0.29, 0.717) is 19.1 Å². The van der Waals surface area contributed by atoms with Crippen LogP contribution in [0.5, 0.6) is 0 Å². The predicted octanol–water partition coefficient (Wildman–Crippen LogP) is 1.21. The third-order valence-corrected chi connectivity index (χ3v) is 3.86. The number of hydrogen-bond acceptors (Lipinski definition) is 5. The molecule has 0 amide bonds. The Bertz CT molecular complexity index is 319. The molecule has 0 aromatic rings. The van der Waals surface area contributed by atoms with Crippen molar-refractivity contribution in [1.29, 1.82) is 0 Å². The Labute approximate surface area is 115 Å².